The summed E-state index contributed by atoms with van der Waals surface area (Å²) in [5.74, 6) is -0.0115. The third kappa shape index (κ3) is 2.32. The van der Waals surface area contributed by atoms with E-state index in [-0.39, 0.29) is 0 Å². The van der Waals surface area contributed by atoms with Gasteiger partial charge in [0, 0.05) is 0 Å². The molecule has 1 aliphatic rings. The highest BCUT2D eigenvalue weighted by atomic mass is 16.5. The van der Waals surface area contributed by atoms with Crippen molar-refractivity contribution in [1.82, 2.24) is 4.90 Å². The molecular weight excluding hydrogens is 242 g/mol. The number of rotatable bonds is 5. The molecule has 1 atom stereocenters. The Morgan fingerprint density at radius 3 is 2.32 bits per heavy atom. The molecule has 1 aliphatic heterocycles. The van der Waals surface area contributed by atoms with Crippen molar-refractivity contribution in [2.24, 2.45) is 0 Å². The van der Waals surface area contributed by atoms with Crippen molar-refractivity contribution >= 4 is 5.97 Å². The Labute approximate surface area is 114 Å². The maximum Gasteiger partial charge on any atom is 0.328 e. The van der Waals surface area contributed by atoms with E-state index in [2.05, 4.69) is 4.90 Å². The second-order valence-electron chi connectivity index (χ2n) is 4.94. The Kier molecular flexibility index (Phi) is 4.10. The molecule has 0 aromatic heterocycles. The number of aliphatic carboxylic acids is 1. The maximum atomic E-state index is 11.9. The Hall–Kier alpha value is -1.55. The van der Waals surface area contributed by atoms with E-state index in [1.54, 1.807) is 7.11 Å². The van der Waals surface area contributed by atoms with Crippen LogP contribution in [0.25, 0.3) is 0 Å². The number of hydrogen-bond acceptors (Lipinski definition) is 3. The van der Waals surface area contributed by atoms with Crippen LogP contribution in [0.5, 0.6) is 5.75 Å². The van der Waals surface area contributed by atoms with Crippen LogP contribution in [0.15, 0.2) is 24.3 Å². The van der Waals surface area contributed by atoms with Crippen molar-refractivity contribution in [2.75, 3.05) is 20.2 Å². The standard InChI is InChI=1S/C15H21NO3/c1-3-15(14(17)18,16-10-4-5-11-16)12-6-8-13(19-2)9-7-12/h6-9H,3-5,10-11H2,1-2H3,(H,17,18). The first-order valence-corrected chi connectivity index (χ1v) is 6.78. The van der Waals surface area contributed by atoms with Gasteiger partial charge in [-0.1, -0.05) is 19.1 Å². The number of benzene rings is 1. The quantitative estimate of drug-likeness (QED) is 0.886. The van der Waals surface area contributed by atoms with E-state index in [9.17, 15) is 9.90 Å². The van der Waals surface area contributed by atoms with E-state index in [1.165, 1.54) is 0 Å². The maximum absolute atomic E-state index is 11.9. The van der Waals surface area contributed by atoms with Gasteiger partial charge >= 0.3 is 5.97 Å². The normalized spacial score (nSPS) is 19.1. The highest BCUT2D eigenvalue weighted by molar-refractivity contribution is 5.81. The molecule has 19 heavy (non-hydrogen) atoms. The van der Waals surface area contributed by atoms with Crippen LogP contribution < -0.4 is 4.74 Å². The first-order chi connectivity index (χ1) is 9.15. The van der Waals surface area contributed by atoms with Crippen LogP contribution in [0.3, 0.4) is 0 Å². The van der Waals surface area contributed by atoms with Crippen LogP contribution in [0.2, 0.25) is 0 Å². The molecule has 2 rings (SSSR count). The van der Waals surface area contributed by atoms with Crippen molar-refractivity contribution in [3.63, 3.8) is 0 Å². The average Bonchev–Trinajstić information content (AvgIpc) is 2.95. The van der Waals surface area contributed by atoms with Crippen LogP contribution in [0.4, 0.5) is 0 Å². The summed E-state index contributed by atoms with van der Waals surface area (Å²) in [4.78, 5) is 14.0. The van der Waals surface area contributed by atoms with Crippen molar-refractivity contribution in [3.8, 4) is 5.75 Å². The molecular formula is C15H21NO3. The van der Waals surface area contributed by atoms with E-state index in [0.717, 1.165) is 37.2 Å². The van der Waals surface area contributed by atoms with Gasteiger partial charge in [-0.05, 0) is 50.0 Å². The third-order valence-corrected chi connectivity index (χ3v) is 4.08. The number of ether oxygens (including phenoxy) is 1. The molecule has 1 saturated heterocycles. The van der Waals surface area contributed by atoms with Crippen molar-refractivity contribution in [1.29, 1.82) is 0 Å². The summed E-state index contributed by atoms with van der Waals surface area (Å²) in [5.41, 5.74) is -0.0619. The predicted molar refractivity (Wildman–Crippen MR) is 73.4 cm³/mol. The lowest BCUT2D eigenvalue weighted by atomic mass is 9.85. The molecule has 0 radical (unpaired) electrons. The monoisotopic (exact) mass is 263 g/mol. The summed E-state index contributed by atoms with van der Waals surface area (Å²) in [6, 6.07) is 7.40. The van der Waals surface area contributed by atoms with Gasteiger partial charge in [0.2, 0.25) is 0 Å². The van der Waals surface area contributed by atoms with Gasteiger partial charge in [-0.2, -0.15) is 0 Å². The summed E-state index contributed by atoms with van der Waals surface area (Å²) in [5, 5.41) is 9.79. The van der Waals surface area contributed by atoms with Gasteiger partial charge in [-0.25, -0.2) is 4.79 Å². The van der Waals surface area contributed by atoms with E-state index in [1.807, 2.05) is 31.2 Å². The first-order valence-electron chi connectivity index (χ1n) is 6.78. The molecule has 1 N–H and O–H groups in total. The van der Waals surface area contributed by atoms with Crippen LogP contribution in [0, 0.1) is 0 Å². The van der Waals surface area contributed by atoms with Crippen LogP contribution in [-0.4, -0.2) is 36.2 Å². The van der Waals surface area contributed by atoms with E-state index >= 15 is 0 Å². The molecule has 0 saturated carbocycles. The van der Waals surface area contributed by atoms with Gasteiger partial charge in [-0.15, -0.1) is 0 Å². The van der Waals surface area contributed by atoms with Gasteiger partial charge < -0.3 is 9.84 Å². The molecule has 0 bridgehead atoms. The first kappa shape index (κ1) is 13.9. The molecule has 1 unspecified atom stereocenters. The molecule has 0 amide bonds. The lowest BCUT2D eigenvalue weighted by Crippen LogP contribution is -2.50. The molecule has 1 fully saturated rings. The Morgan fingerprint density at radius 2 is 1.89 bits per heavy atom. The summed E-state index contributed by atoms with van der Waals surface area (Å²) in [6.45, 7) is 3.65. The fourth-order valence-electron chi connectivity index (χ4n) is 2.99. The molecule has 0 spiro atoms. The topological polar surface area (TPSA) is 49.8 Å². The number of methoxy groups -OCH3 is 1. The van der Waals surface area contributed by atoms with Crippen molar-refractivity contribution < 1.29 is 14.6 Å². The minimum Gasteiger partial charge on any atom is -0.497 e. The Bertz CT molecular complexity index is 437. The summed E-state index contributed by atoms with van der Waals surface area (Å²) in [7, 11) is 1.61. The second kappa shape index (κ2) is 5.61. The second-order valence-corrected chi connectivity index (χ2v) is 4.94. The van der Waals surface area contributed by atoms with Gasteiger partial charge in [0.25, 0.3) is 0 Å². The van der Waals surface area contributed by atoms with Crippen LogP contribution in [-0.2, 0) is 10.3 Å². The minimum absolute atomic E-state index is 0.564. The molecule has 0 aliphatic carbocycles. The lowest BCUT2D eigenvalue weighted by molar-refractivity contribution is -0.152. The summed E-state index contributed by atoms with van der Waals surface area (Å²) < 4.78 is 5.14. The SMILES string of the molecule is CCC(C(=O)O)(c1ccc(OC)cc1)N1CCCC1. The van der Waals surface area contributed by atoms with Crippen molar-refractivity contribution in [2.45, 2.75) is 31.7 Å². The molecule has 1 heterocycles. The summed E-state index contributed by atoms with van der Waals surface area (Å²) >= 11 is 0. The number of hydrogen-bond donors (Lipinski definition) is 1. The van der Waals surface area contributed by atoms with E-state index in [0.29, 0.717) is 6.42 Å². The average molecular weight is 263 g/mol. The zero-order valence-corrected chi connectivity index (χ0v) is 11.6. The van der Waals surface area contributed by atoms with Gasteiger partial charge in [0.15, 0.2) is 0 Å². The zero-order chi connectivity index (χ0) is 13.9. The predicted octanol–water partition coefficient (Wildman–Crippen LogP) is 2.48. The largest absolute Gasteiger partial charge is 0.497 e. The van der Waals surface area contributed by atoms with Gasteiger partial charge in [0.1, 0.15) is 11.3 Å². The van der Waals surface area contributed by atoms with Gasteiger partial charge in [-0.3, -0.25) is 4.90 Å². The number of carboxylic acids is 1. The highest BCUT2D eigenvalue weighted by Gasteiger charge is 2.45. The van der Waals surface area contributed by atoms with Crippen molar-refractivity contribution in [3.05, 3.63) is 29.8 Å². The van der Waals surface area contributed by atoms with E-state index in [4.69, 9.17) is 4.74 Å². The number of carbonyl (C=O) groups is 1. The van der Waals surface area contributed by atoms with E-state index < -0.39 is 11.5 Å². The van der Waals surface area contributed by atoms with Gasteiger partial charge in [0.05, 0.1) is 7.11 Å². The number of nitrogens with zero attached hydrogens (tertiary/aromatic N) is 1. The Balaban J connectivity index is 2.43. The molecule has 1 aromatic carbocycles. The highest BCUT2D eigenvalue weighted by Crippen LogP contribution is 2.36. The minimum atomic E-state index is -0.900. The third-order valence-electron chi connectivity index (χ3n) is 4.08. The molecule has 1 aromatic rings. The zero-order valence-electron chi connectivity index (χ0n) is 11.6. The lowest BCUT2D eigenvalue weighted by Gasteiger charge is -2.38. The summed E-state index contributed by atoms with van der Waals surface area (Å²) in [6.07, 6.45) is 2.71. The number of carboxylic acid groups (broad SMARTS) is 1. The Morgan fingerprint density at radius 1 is 1.32 bits per heavy atom. The van der Waals surface area contributed by atoms with Crippen LogP contribution >= 0.6 is 0 Å². The fourth-order valence-corrected chi connectivity index (χ4v) is 2.99. The molecule has 4 heteroatoms. The molecule has 104 valence electrons. The number of likely N-dealkylation sites (tertiary alicyclic amines) is 1. The van der Waals surface area contributed by atoms with Crippen LogP contribution in [0.1, 0.15) is 31.7 Å². The smallest absolute Gasteiger partial charge is 0.328 e. The fraction of sp³-hybridized carbons (Fsp3) is 0.533. The molecule has 4 nitrogen and oxygen atoms in total.